The molecule has 0 spiro atoms. The number of unbranched alkanes of at least 4 members (excludes halogenated alkanes) is 11. The fraction of sp³-hybridized carbons (Fsp3) is 0.773. The Labute approximate surface area is 174 Å². The van der Waals surface area contributed by atoms with E-state index in [1.165, 1.54) is 38.5 Å². The number of carbonyl (C=O) groups excluding carboxylic acids is 2. The molecule has 2 unspecified atom stereocenters. The van der Waals surface area contributed by atoms with Crippen molar-refractivity contribution >= 4 is 17.9 Å². The predicted molar refractivity (Wildman–Crippen MR) is 110 cm³/mol. The number of aliphatic hydroxyl groups excluding tert-OH is 2. The molecule has 0 aromatic rings. The number of allylic oxidation sites excluding steroid dienone is 2. The Morgan fingerprint density at radius 2 is 1.24 bits per heavy atom. The summed E-state index contributed by atoms with van der Waals surface area (Å²) in [7, 11) is 0. The first-order chi connectivity index (χ1) is 13.9. The van der Waals surface area contributed by atoms with E-state index in [2.05, 4.69) is 23.8 Å². The number of aliphatic hydroxyl groups is 2. The van der Waals surface area contributed by atoms with Gasteiger partial charge in [0.15, 0.2) is 12.2 Å². The summed E-state index contributed by atoms with van der Waals surface area (Å²) < 4.78 is 4.34. The van der Waals surface area contributed by atoms with Crippen LogP contribution in [0.5, 0.6) is 0 Å². The fourth-order valence-electron chi connectivity index (χ4n) is 2.83. The monoisotopic (exact) mass is 414 g/mol. The molecular formula is C22H38O7. The van der Waals surface area contributed by atoms with Crippen molar-refractivity contribution in [1.29, 1.82) is 0 Å². The van der Waals surface area contributed by atoms with Crippen molar-refractivity contribution in [3.8, 4) is 0 Å². The molecule has 3 N–H and O–H groups in total. The van der Waals surface area contributed by atoms with E-state index < -0.39 is 30.1 Å². The van der Waals surface area contributed by atoms with Crippen LogP contribution in [0, 0.1) is 0 Å². The van der Waals surface area contributed by atoms with E-state index in [1.54, 1.807) is 0 Å². The summed E-state index contributed by atoms with van der Waals surface area (Å²) in [5.41, 5.74) is 0. The Hall–Kier alpha value is -1.73. The molecule has 0 saturated carbocycles. The summed E-state index contributed by atoms with van der Waals surface area (Å²) in [4.78, 5) is 33.3. The van der Waals surface area contributed by atoms with Crippen LogP contribution in [0.1, 0.15) is 96.8 Å². The van der Waals surface area contributed by atoms with Crippen molar-refractivity contribution in [3.05, 3.63) is 12.2 Å². The van der Waals surface area contributed by atoms with E-state index in [4.69, 9.17) is 10.2 Å². The molecule has 0 radical (unpaired) electrons. The summed E-state index contributed by atoms with van der Waals surface area (Å²) in [6.07, 6.45) is 14.6. The number of ether oxygens (including phenoxy) is 1. The highest BCUT2D eigenvalue weighted by molar-refractivity contribution is 5.91. The van der Waals surface area contributed by atoms with Crippen molar-refractivity contribution in [2.24, 2.45) is 0 Å². The smallest absolute Gasteiger partial charge is 0.346 e. The van der Waals surface area contributed by atoms with Crippen molar-refractivity contribution < 1.29 is 34.4 Å². The molecule has 0 fully saturated rings. The van der Waals surface area contributed by atoms with Crippen LogP contribution in [0.2, 0.25) is 0 Å². The van der Waals surface area contributed by atoms with Gasteiger partial charge in [0, 0.05) is 6.42 Å². The van der Waals surface area contributed by atoms with Crippen LogP contribution in [-0.4, -0.2) is 45.4 Å². The first-order valence-corrected chi connectivity index (χ1v) is 10.9. The Morgan fingerprint density at radius 1 is 0.759 bits per heavy atom. The summed E-state index contributed by atoms with van der Waals surface area (Å²) in [5, 5.41) is 26.8. The summed E-state index contributed by atoms with van der Waals surface area (Å²) >= 11 is 0. The lowest BCUT2D eigenvalue weighted by atomic mass is 10.1. The maximum atomic E-state index is 11.5. The number of esters is 2. The summed E-state index contributed by atoms with van der Waals surface area (Å²) in [5.74, 6) is -4.04. The van der Waals surface area contributed by atoms with Crippen LogP contribution < -0.4 is 0 Å². The number of hydrogen-bond acceptors (Lipinski definition) is 6. The summed E-state index contributed by atoms with van der Waals surface area (Å²) in [6.45, 7) is 2.23. The van der Waals surface area contributed by atoms with Gasteiger partial charge in [0.05, 0.1) is 0 Å². The van der Waals surface area contributed by atoms with Gasteiger partial charge in [-0.25, -0.2) is 9.59 Å². The van der Waals surface area contributed by atoms with E-state index in [9.17, 15) is 19.5 Å². The normalized spacial score (nSPS) is 13.3. The Bertz CT molecular complexity index is 488. The van der Waals surface area contributed by atoms with Gasteiger partial charge in [0.2, 0.25) is 0 Å². The van der Waals surface area contributed by atoms with Gasteiger partial charge in [0.25, 0.3) is 0 Å². The molecule has 168 valence electrons. The Kier molecular flexibility index (Phi) is 17.2. The molecule has 0 saturated heterocycles. The minimum atomic E-state index is -2.31. The van der Waals surface area contributed by atoms with E-state index in [1.807, 2.05) is 0 Å². The number of hydrogen-bond donors (Lipinski definition) is 3. The van der Waals surface area contributed by atoms with Gasteiger partial charge in [-0.3, -0.25) is 4.79 Å². The standard InChI is InChI=1S/C22H38O7/c1-2-3-4-5-6-7-8-9-10-11-12-13-14-15-16-17-18(23)29-22(28)20(25)19(24)21(26)27/h9-10,19-20,24-25H,2-8,11-17H2,1H3,(H,26,27). The quantitative estimate of drug-likeness (QED) is 0.135. The molecule has 0 aliphatic carbocycles. The number of rotatable bonds is 18. The molecule has 0 aromatic heterocycles. The largest absolute Gasteiger partial charge is 0.479 e. The Balaban J connectivity index is 3.54. The van der Waals surface area contributed by atoms with E-state index in [0.717, 1.165) is 38.5 Å². The van der Waals surface area contributed by atoms with Gasteiger partial charge in [-0.15, -0.1) is 0 Å². The lowest BCUT2D eigenvalue weighted by Crippen LogP contribution is -2.41. The zero-order chi connectivity index (χ0) is 21.9. The molecule has 29 heavy (non-hydrogen) atoms. The highest BCUT2D eigenvalue weighted by Crippen LogP contribution is 2.10. The maximum absolute atomic E-state index is 11.5. The third kappa shape index (κ3) is 15.8. The lowest BCUT2D eigenvalue weighted by Gasteiger charge is -2.12. The topological polar surface area (TPSA) is 121 Å². The highest BCUT2D eigenvalue weighted by atomic mass is 16.6. The molecule has 0 aliphatic heterocycles. The van der Waals surface area contributed by atoms with E-state index in [-0.39, 0.29) is 6.42 Å². The van der Waals surface area contributed by atoms with Crippen molar-refractivity contribution in [2.45, 2.75) is 109 Å². The molecule has 0 aliphatic rings. The maximum Gasteiger partial charge on any atom is 0.346 e. The second-order valence-corrected chi connectivity index (χ2v) is 7.36. The first-order valence-electron chi connectivity index (χ1n) is 10.9. The average molecular weight is 415 g/mol. The highest BCUT2D eigenvalue weighted by Gasteiger charge is 2.32. The van der Waals surface area contributed by atoms with Crippen LogP contribution in [0.4, 0.5) is 0 Å². The molecular weight excluding hydrogens is 376 g/mol. The van der Waals surface area contributed by atoms with Gasteiger partial charge < -0.3 is 20.1 Å². The van der Waals surface area contributed by atoms with E-state index in [0.29, 0.717) is 6.42 Å². The molecule has 0 amide bonds. The average Bonchev–Trinajstić information content (AvgIpc) is 2.69. The van der Waals surface area contributed by atoms with Gasteiger partial charge in [-0.2, -0.15) is 0 Å². The first kappa shape index (κ1) is 27.3. The SMILES string of the molecule is CCCCCCCCC=CCCCCCCCC(=O)OC(=O)C(O)C(O)C(=O)O. The number of carbonyl (C=O) groups is 3. The second-order valence-electron chi connectivity index (χ2n) is 7.36. The fourth-order valence-corrected chi connectivity index (χ4v) is 2.83. The van der Waals surface area contributed by atoms with Crippen LogP contribution in [-0.2, 0) is 19.1 Å². The van der Waals surface area contributed by atoms with Gasteiger partial charge in [-0.1, -0.05) is 70.4 Å². The van der Waals surface area contributed by atoms with Crippen LogP contribution in [0.15, 0.2) is 12.2 Å². The third-order valence-electron chi connectivity index (χ3n) is 4.65. The van der Waals surface area contributed by atoms with Crippen molar-refractivity contribution in [3.63, 3.8) is 0 Å². The van der Waals surface area contributed by atoms with Gasteiger partial charge in [0.1, 0.15) is 0 Å². The molecule has 7 nitrogen and oxygen atoms in total. The Morgan fingerprint density at radius 3 is 1.76 bits per heavy atom. The van der Waals surface area contributed by atoms with E-state index >= 15 is 0 Å². The van der Waals surface area contributed by atoms with Crippen molar-refractivity contribution in [2.75, 3.05) is 0 Å². The molecule has 2 atom stereocenters. The number of carboxylic acid groups (broad SMARTS) is 1. The van der Waals surface area contributed by atoms with Crippen LogP contribution >= 0.6 is 0 Å². The molecule has 0 heterocycles. The van der Waals surface area contributed by atoms with Gasteiger partial charge >= 0.3 is 17.9 Å². The molecule has 0 rings (SSSR count). The molecule has 0 bridgehead atoms. The van der Waals surface area contributed by atoms with Crippen LogP contribution in [0.25, 0.3) is 0 Å². The zero-order valence-electron chi connectivity index (χ0n) is 17.7. The van der Waals surface area contributed by atoms with Crippen molar-refractivity contribution in [1.82, 2.24) is 0 Å². The van der Waals surface area contributed by atoms with Crippen LogP contribution in [0.3, 0.4) is 0 Å². The minimum absolute atomic E-state index is 0.0137. The third-order valence-corrected chi connectivity index (χ3v) is 4.65. The molecule has 0 aromatic carbocycles. The van der Waals surface area contributed by atoms with Gasteiger partial charge in [-0.05, 0) is 32.1 Å². The number of carboxylic acids is 1. The zero-order valence-corrected chi connectivity index (χ0v) is 17.7. The molecule has 7 heteroatoms. The predicted octanol–water partition coefficient (Wildman–Crippen LogP) is 3.90. The summed E-state index contributed by atoms with van der Waals surface area (Å²) in [6, 6.07) is 0. The lowest BCUT2D eigenvalue weighted by molar-refractivity contribution is -0.175. The minimum Gasteiger partial charge on any atom is -0.479 e. The number of aliphatic carboxylic acids is 1. The second kappa shape index (κ2) is 18.3.